The molecule has 0 unspecified atom stereocenters. The third-order valence-corrected chi connectivity index (χ3v) is 3.76. The summed E-state index contributed by atoms with van der Waals surface area (Å²) in [5.41, 5.74) is 0.393. The molecule has 22 heavy (non-hydrogen) atoms. The van der Waals surface area contributed by atoms with E-state index in [2.05, 4.69) is 21.9 Å². The van der Waals surface area contributed by atoms with Crippen LogP contribution in [0.1, 0.15) is 12.7 Å². The number of halogens is 1. The smallest absolute Gasteiger partial charge is 0.258 e. The summed E-state index contributed by atoms with van der Waals surface area (Å²) >= 11 is 11.3. The van der Waals surface area contributed by atoms with Gasteiger partial charge in [-0.1, -0.05) is 17.7 Å². The van der Waals surface area contributed by atoms with E-state index in [1.165, 1.54) is 0 Å². The zero-order valence-electron chi connectivity index (χ0n) is 12.2. The quantitative estimate of drug-likeness (QED) is 0.649. The van der Waals surface area contributed by atoms with Crippen LogP contribution in [0.3, 0.4) is 0 Å². The molecule has 1 aromatic heterocycles. The topological polar surface area (TPSA) is 61.0 Å². The van der Waals surface area contributed by atoms with Crippen molar-refractivity contribution in [3.8, 4) is 0 Å². The summed E-state index contributed by atoms with van der Waals surface area (Å²) in [6.07, 6.45) is 1.73. The maximum Gasteiger partial charge on any atom is 0.258 e. The molecule has 5 nitrogen and oxygen atoms in total. The van der Waals surface area contributed by atoms with Gasteiger partial charge in [0.25, 0.3) is 5.56 Å². The van der Waals surface area contributed by atoms with Gasteiger partial charge < -0.3 is 15.2 Å². The molecule has 2 N–H and O–H groups in total. The lowest BCUT2D eigenvalue weighted by molar-refractivity contribution is 0.417. The number of benzene rings is 1. The highest BCUT2D eigenvalue weighted by Gasteiger charge is 2.11. The van der Waals surface area contributed by atoms with Crippen molar-refractivity contribution in [1.82, 2.24) is 20.2 Å². The van der Waals surface area contributed by atoms with Crippen molar-refractivity contribution in [2.75, 3.05) is 13.1 Å². The molecule has 116 valence electrons. The van der Waals surface area contributed by atoms with Gasteiger partial charge in [0.2, 0.25) is 0 Å². The molecule has 0 aliphatic heterocycles. The first-order chi connectivity index (χ1) is 10.5. The molecule has 2 aromatic rings. The van der Waals surface area contributed by atoms with E-state index in [-0.39, 0.29) is 5.56 Å². The predicted molar refractivity (Wildman–Crippen MR) is 94.3 cm³/mol. The van der Waals surface area contributed by atoms with Crippen LogP contribution in [-0.4, -0.2) is 33.1 Å². The van der Waals surface area contributed by atoms with Crippen molar-refractivity contribution in [3.63, 3.8) is 0 Å². The van der Waals surface area contributed by atoms with E-state index >= 15 is 0 Å². The number of nitrogens with one attached hydrogen (secondary N) is 2. The normalized spacial score (nSPS) is 10.5. The van der Waals surface area contributed by atoms with E-state index in [9.17, 15) is 4.79 Å². The van der Waals surface area contributed by atoms with E-state index in [4.69, 9.17) is 23.8 Å². The van der Waals surface area contributed by atoms with Gasteiger partial charge >= 0.3 is 0 Å². The van der Waals surface area contributed by atoms with Gasteiger partial charge in [0, 0.05) is 18.1 Å². The fraction of sp³-hybridized carbons (Fsp3) is 0.267. The number of rotatable bonds is 5. The summed E-state index contributed by atoms with van der Waals surface area (Å²) in [7, 11) is 0. The van der Waals surface area contributed by atoms with Crippen LogP contribution in [0.25, 0.3) is 10.9 Å². The Morgan fingerprint density at radius 1 is 1.59 bits per heavy atom. The molecule has 1 heterocycles. The van der Waals surface area contributed by atoms with E-state index < -0.39 is 0 Å². The van der Waals surface area contributed by atoms with Crippen molar-refractivity contribution in [1.29, 1.82) is 0 Å². The lowest BCUT2D eigenvalue weighted by atomic mass is 10.2. The van der Waals surface area contributed by atoms with Gasteiger partial charge in [-0.3, -0.25) is 4.79 Å². The lowest BCUT2D eigenvalue weighted by Gasteiger charge is -2.23. The van der Waals surface area contributed by atoms with Crippen LogP contribution in [0.4, 0.5) is 0 Å². The highest BCUT2D eigenvalue weighted by atomic mass is 35.5. The molecule has 0 saturated heterocycles. The second-order valence-electron chi connectivity index (χ2n) is 4.66. The molecule has 0 aliphatic carbocycles. The van der Waals surface area contributed by atoms with Gasteiger partial charge in [-0.2, -0.15) is 0 Å². The van der Waals surface area contributed by atoms with Gasteiger partial charge in [0.1, 0.15) is 5.82 Å². The second-order valence-corrected chi connectivity index (χ2v) is 5.49. The minimum Gasteiger partial charge on any atom is -0.359 e. The van der Waals surface area contributed by atoms with Crippen molar-refractivity contribution < 1.29 is 0 Å². The number of nitrogens with zero attached hydrogens (tertiary/aromatic N) is 2. The Morgan fingerprint density at radius 2 is 2.36 bits per heavy atom. The maximum absolute atomic E-state index is 12.1. The number of H-pyrrole nitrogens is 1. The molecule has 0 spiro atoms. The molecular formula is C15H17ClN4OS. The number of hydrogen-bond acceptors (Lipinski definition) is 3. The minimum absolute atomic E-state index is 0.183. The number of aromatic nitrogens is 2. The van der Waals surface area contributed by atoms with Crippen molar-refractivity contribution in [2.45, 2.75) is 13.5 Å². The fourth-order valence-electron chi connectivity index (χ4n) is 2.02. The molecule has 0 radical (unpaired) electrons. The van der Waals surface area contributed by atoms with Gasteiger partial charge in [0.05, 0.1) is 17.4 Å². The fourth-order valence-corrected chi connectivity index (χ4v) is 2.46. The van der Waals surface area contributed by atoms with E-state index in [1.807, 2.05) is 11.8 Å². The molecule has 2 rings (SSSR count). The minimum atomic E-state index is -0.183. The van der Waals surface area contributed by atoms with Crippen LogP contribution >= 0.6 is 23.8 Å². The first kappa shape index (κ1) is 16.5. The summed E-state index contributed by atoms with van der Waals surface area (Å²) in [5, 5.41) is 4.72. The Kier molecular flexibility index (Phi) is 5.51. The zero-order valence-corrected chi connectivity index (χ0v) is 13.8. The molecule has 0 aliphatic rings. The third kappa shape index (κ3) is 3.84. The first-order valence-electron chi connectivity index (χ1n) is 6.87. The second kappa shape index (κ2) is 7.38. The molecule has 0 atom stereocenters. The molecule has 1 aromatic carbocycles. The summed E-state index contributed by atoms with van der Waals surface area (Å²) in [4.78, 5) is 21.3. The number of thiocarbonyl (C=S) groups is 1. The van der Waals surface area contributed by atoms with Crippen molar-refractivity contribution in [2.24, 2.45) is 0 Å². The van der Waals surface area contributed by atoms with Gasteiger partial charge in [-0.05, 0) is 37.3 Å². The standard InChI is InChI=1S/C15H17ClN4OS/c1-3-7-17-15(22)20(4-2)9-13-18-12-8-10(16)5-6-11(12)14(21)19-13/h3,5-6,8H,1,4,7,9H2,2H3,(H,17,22)(H,18,19,21). The highest BCUT2D eigenvalue weighted by Crippen LogP contribution is 2.14. The van der Waals surface area contributed by atoms with Crippen LogP contribution in [0.5, 0.6) is 0 Å². The van der Waals surface area contributed by atoms with Crippen LogP contribution in [0, 0.1) is 0 Å². The SMILES string of the molecule is C=CCNC(=S)N(CC)Cc1nc2cc(Cl)ccc2c(=O)[nH]1. The Balaban J connectivity index is 2.28. The molecular weight excluding hydrogens is 320 g/mol. The molecule has 0 amide bonds. The largest absolute Gasteiger partial charge is 0.359 e. The Bertz CT molecular complexity index is 759. The first-order valence-corrected chi connectivity index (χ1v) is 7.66. The Morgan fingerprint density at radius 3 is 3.05 bits per heavy atom. The van der Waals surface area contributed by atoms with E-state index in [1.54, 1.807) is 24.3 Å². The summed E-state index contributed by atoms with van der Waals surface area (Å²) in [6.45, 7) is 7.33. The number of hydrogen-bond donors (Lipinski definition) is 2. The maximum atomic E-state index is 12.1. The van der Waals surface area contributed by atoms with E-state index in [0.29, 0.717) is 46.5 Å². The average molecular weight is 337 g/mol. The predicted octanol–water partition coefficient (Wildman–Crippen LogP) is 2.46. The summed E-state index contributed by atoms with van der Waals surface area (Å²) in [6, 6.07) is 5.02. The summed E-state index contributed by atoms with van der Waals surface area (Å²) in [5.74, 6) is 0.546. The van der Waals surface area contributed by atoms with Crippen LogP contribution in [-0.2, 0) is 6.54 Å². The zero-order chi connectivity index (χ0) is 16.1. The van der Waals surface area contributed by atoms with Crippen LogP contribution in [0.15, 0.2) is 35.6 Å². The Labute approximate surface area is 139 Å². The average Bonchev–Trinajstić information content (AvgIpc) is 2.49. The highest BCUT2D eigenvalue weighted by molar-refractivity contribution is 7.80. The molecule has 0 bridgehead atoms. The van der Waals surface area contributed by atoms with Crippen molar-refractivity contribution >= 4 is 39.8 Å². The number of fused-ring (bicyclic) bond motifs is 1. The van der Waals surface area contributed by atoms with Crippen LogP contribution in [0.2, 0.25) is 5.02 Å². The van der Waals surface area contributed by atoms with Gasteiger partial charge in [0.15, 0.2) is 5.11 Å². The third-order valence-electron chi connectivity index (χ3n) is 3.12. The molecule has 0 fully saturated rings. The van der Waals surface area contributed by atoms with Gasteiger partial charge in [-0.15, -0.1) is 6.58 Å². The van der Waals surface area contributed by atoms with Gasteiger partial charge in [-0.25, -0.2) is 4.98 Å². The monoisotopic (exact) mass is 336 g/mol. The number of aromatic amines is 1. The van der Waals surface area contributed by atoms with E-state index in [0.717, 1.165) is 0 Å². The Hall–Kier alpha value is -1.92. The summed E-state index contributed by atoms with van der Waals surface area (Å²) < 4.78 is 0. The van der Waals surface area contributed by atoms with Crippen LogP contribution < -0.4 is 10.9 Å². The van der Waals surface area contributed by atoms with Crippen molar-refractivity contribution in [3.05, 3.63) is 52.1 Å². The lowest BCUT2D eigenvalue weighted by Crippen LogP contribution is -2.39. The molecule has 7 heteroatoms. The molecule has 0 saturated carbocycles.